The maximum Gasteiger partial charge on any atom is 0.281 e. The summed E-state index contributed by atoms with van der Waals surface area (Å²) in [4.78, 5) is 13.5. The van der Waals surface area contributed by atoms with Gasteiger partial charge in [0.05, 0.1) is 22.7 Å². The second-order valence-corrected chi connectivity index (χ2v) is 11.0. The van der Waals surface area contributed by atoms with Gasteiger partial charge in [-0.05, 0) is 60.4 Å². The van der Waals surface area contributed by atoms with E-state index >= 15 is 0 Å². The Morgan fingerprint density at radius 1 is 0.971 bits per heavy atom. The first-order valence-electron chi connectivity index (χ1n) is 10.7. The van der Waals surface area contributed by atoms with E-state index in [9.17, 15) is 13.2 Å². The van der Waals surface area contributed by atoms with Crippen LogP contribution in [-0.2, 0) is 20.2 Å². The molecule has 1 unspecified atom stereocenters. The standard InChI is InChI=1S/C26H28ClNO5S/c1-18(33-21-14-11-19(12-15-21)26(2,3)4)25(29)28(20-13-16-24(32-5)23(27)17-20)34(30,31)22-9-7-6-8-10-22/h6-18H,1-5H3. The molecule has 0 N–H and O–H groups in total. The number of halogens is 1. The number of benzene rings is 3. The Bertz CT molecular complexity index is 1250. The Kier molecular flexibility index (Phi) is 7.58. The van der Waals surface area contributed by atoms with Crippen molar-refractivity contribution in [3.63, 3.8) is 0 Å². The van der Waals surface area contributed by atoms with Crippen LogP contribution in [0.2, 0.25) is 5.02 Å². The van der Waals surface area contributed by atoms with Gasteiger partial charge in [0.15, 0.2) is 6.10 Å². The molecule has 1 amide bonds. The number of rotatable bonds is 7. The van der Waals surface area contributed by atoms with Crippen LogP contribution in [0, 0.1) is 0 Å². The van der Waals surface area contributed by atoms with Crippen molar-refractivity contribution in [3.05, 3.63) is 83.4 Å². The minimum atomic E-state index is -4.25. The van der Waals surface area contributed by atoms with E-state index in [0.717, 1.165) is 9.87 Å². The summed E-state index contributed by atoms with van der Waals surface area (Å²) in [6.45, 7) is 7.81. The minimum absolute atomic E-state index is 0.0305. The predicted octanol–water partition coefficient (Wildman–Crippen LogP) is 5.84. The van der Waals surface area contributed by atoms with E-state index in [0.29, 0.717) is 11.5 Å². The summed E-state index contributed by atoms with van der Waals surface area (Å²) in [5.74, 6) is 0.0572. The van der Waals surface area contributed by atoms with Crippen molar-refractivity contribution in [1.29, 1.82) is 0 Å². The van der Waals surface area contributed by atoms with Crippen LogP contribution in [0.15, 0.2) is 77.7 Å². The fourth-order valence-corrected chi connectivity index (χ4v) is 5.06. The highest BCUT2D eigenvalue weighted by molar-refractivity contribution is 7.93. The van der Waals surface area contributed by atoms with Crippen molar-refractivity contribution < 1.29 is 22.7 Å². The van der Waals surface area contributed by atoms with Crippen LogP contribution in [-0.4, -0.2) is 27.5 Å². The summed E-state index contributed by atoms with van der Waals surface area (Å²) in [5, 5.41) is 0.174. The molecule has 0 spiro atoms. The number of hydrogen-bond donors (Lipinski definition) is 0. The fraction of sp³-hybridized carbons (Fsp3) is 0.269. The largest absolute Gasteiger partial charge is 0.495 e. The van der Waals surface area contributed by atoms with Gasteiger partial charge in [-0.25, -0.2) is 8.42 Å². The van der Waals surface area contributed by atoms with Crippen molar-refractivity contribution in [1.82, 2.24) is 0 Å². The number of amides is 1. The van der Waals surface area contributed by atoms with Gasteiger partial charge in [-0.1, -0.05) is 62.7 Å². The molecule has 6 nitrogen and oxygen atoms in total. The molecule has 0 aliphatic rings. The van der Waals surface area contributed by atoms with Gasteiger partial charge in [-0.3, -0.25) is 4.79 Å². The zero-order chi connectivity index (χ0) is 25.1. The smallest absolute Gasteiger partial charge is 0.281 e. The average Bonchev–Trinajstić information content (AvgIpc) is 2.79. The van der Waals surface area contributed by atoms with Gasteiger partial charge in [-0.2, -0.15) is 4.31 Å². The highest BCUT2D eigenvalue weighted by Gasteiger charge is 2.35. The highest BCUT2D eigenvalue weighted by atomic mass is 35.5. The number of carbonyl (C=O) groups is 1. The third-order valence-corrected chi connectivity index (χ3v) is 7.27. The molecule has 34 heavy (non-hydrogen) atoms. The van der Waals surface area contributed by atoms with Gasteiger partial charge in [0.25, 0.3) is 15.9 Å². The first-order valence-corrected chi connectivity index (χ1v) is 12.5. The number of nitrogens with zero attached hydrogens (tertiary/aromatic N) is 1. The topological polar surface area (TPSA) is 72.9 Å². The Morgan fingerprint density at radius 2 is 1.59 bits per heavy atom. The number of anilines is 1. The zero-order valence-electron chi connectivity index (χ0n) is 19.8. The summed E-state index contributed by atoms with van der Waals surface area (Å²) >= 11 is 6.25. The van der Waals surface area contributed by atoms with E-state index in [-0.39, 0.29) is 21.0 Å². The number of ether oxygens (including phenoxy) is 2. The van der Waals surface area contributed by atoms with E-state index in [1.54, 1.807) is 30.3 Å². The first kappa shape index (κ1) is 25.6. The van der Waals surface area contributed by atoms with Crippen LogP contribution in [0.1, 0.15) is 33.3 Å². The Balaban J connectivity index is 1.98. The lowest BCUT2D eigenvalue weighted by Gasteiger charge is -2.26. The van der Waals surface area contributed by atoms with Gasteiger partial charge in [0.1, 0.15) is 11.5 Å². The predicted molar refractivity (Wildman–Crippen MR) is 134 cm³/mol. The number of sulfonamides is 1. The zero-order valence-corrected chi connectivity index (χ0v) is 21.4. The van der Waals surface area contributed by atoms with Crippen LogP contribution in [0.25, 0.3) is 0 Å². The van der Waals surface area contributed by atoms with Crippen LogP contribution >= 0.6 is 11.6 Å². The molecule has 3 aromatic rings. The molecule has 3 rings (SSSR count). The lowest BCUT2D eigenvalue weighted by molar-refractivity contribution is -0.123. The molecule has 0 bridgehead atoms. The highest BCUT2D eigenvalue weighted by Crippen LogP contribution is 2.33. The molecular weight excluding hydrogens is 474 g/mol. The van der Waals surface area contributed by atoms with Gasteiger partial charge in [0, 0.05) is 0 Å². The number of hydrogen-bond acceptors (Lipinski definition) is 5. The number of carbonyl (C=O) groups excluding carboxylic acids is 1. The molecule has 0 heterocycles. The van der Waals surface area contributed by atoms with E-state index in [4.69, 9.17) is 21.1 Å². The van der Waals surface area contributed by atoms with Crippen molar-refractivity contribution >= 4 is 33.2 Å². The SMILES string of the molecule is COc1ccc(N(C(=O)C(C)Oc2ccc(C(C)(C)C)cc2)S(=O)(=O)c2ccccc2)cc1Cl. The Hall–Kier alpha value is -3.03. The molecule has 0 saturated carbocycles. The van der Waals surface area contributed by atoms with Gasteiger partial charge in [0.2, 0.25) is 0 Å². The maximum absolute atomic E-state index is 13.5. The molecule has 8 heteroatoms. The van der Waals surface area contributed by atoms with Crippen LogP contribution in [0.5, 0.6) is 11.5 Å². The minimum Gasteiger partial charge on any atom is -0.495 e. The summed E-state index contributed by atoms with van der Waals surface area (Å²) in [6, 6.07) is 19.5. The first-order chi connectivity index (χ1) is 15.9. The van der Waals surface area contributed by atoms with Crippen molar-refractivity contribution in [2.24, 2.45) is 0 Å². The van der Waals surface area contributed by atoms with E-state index in [2.05, 4.69) is 20.8 Å². The monoisotopic (exact) mass is 501 g/mol. The third kappa shape index (κ3) is 5.54. The fourth-order valence-electron chi connectivity index (χ4n) is 3.32. The summed E-state index contributed by atoms with van der Waals surface area (Å²) in [5.41, 5.74) is 1.16. The molecule has 3 aromatic carbocycles. The molecule has 0 fully saturated rings. The van der Waals surface area contributed by atoms with Crippen LogP contribution < -0.4 is 13.8 Å². The number of methoxy groups -OCH3 is 1. The van der Waals surface area contributed by atoms with E-state index < -0.39 is 22.0 Å². The molecular formula is C26H28ClNO5S. The van der Waals surface area contributed by atoms with Crippen molar-refractivity contribution in [2.45, 2.75) is 44.1 Å². The van der Waals surface area contributed by atoms with E-state index in [1.165, 1.54) is 44.4 Å². The van der Waals surface area contributed by atoms with Crippen molar-refractivity contribution in [3.8, 4) is 11.5 Å². The quantitative estimate of drug-likeness (QED) is 0.407. The lowest BCUT2D eigenvalue weighted by atomic mass is 9.87. The summed E-state index contributed by atoms with van der Waals surface area (Å²) in [7, 11) is -2.80. The Labute approximate surface area is 206 Å². The second-order valence-electron chi connectivity index (χ2n) is 8.77. The average molecular weight is 502 g/mol. The summed E-state index contributed by atoms with van der Waals surface area (Å²) in [6.07, 6.45) is -1.10. The molecule has 1 atom stereocenters. The molecule has 180 valence electrons. The maximum atomic E-state index is 13.5. The summed E-state index contributed by atoms with van der Waals surface area (Å²) < 4.78 is 38.8. The van der Waals surface area contributed by atoms with E-state index in [1.807, 2.05) is 12.1 Å². The van der Waals surface area contributed by atoms with Gasteiger partial charge >= 0.3 is 0 Å². The lowest BCUT2D eigenvalue weighted by Crippen LogP contribution is -2.44. The molecule has 0 radical (unpaired) electrons. The second kappa shape index (κ2) is 10.1. The Morgan fingerprint density at radius 3 is 2.12 bits per heavy atom. The third-order valence-electron chi connectivity index (χ3n) is 5.23. The van der Waals surface area contributed by atoms with Crippen LogP contribution in [0.4, 0.5) is 5.69 Å². The normalized spacial score (nSPS) is 12.6. The van der Waals surface area contributed by atoms with Gasteiger partial charge in [-0.15, -0.1) is 0 Å². The molecule has 0 aliphatic carbocycles. The van der Waals surface area contributed by atoms with Crippen LogP contribution in [0.3, 0.4) is 0 Å². The van der Waals surface area contributed by atoms with Gasteiger partial charge < -0.3 is 9.47 Å². The molecule has 0 saturated heterocycles. The van der Waals surface area contributed by atoms with Crippen molar-refractivity contribution in [2.75, 3.05) is 11.4 Å². The molecule has 0 aromatic heterocycles. The molecule has 0 aliphatic heterocycles.